The summed E-state index contributed by atoms with van der Waals surface area (Å²) >= 11 is 0. The highest BCUT2D eigenvalue weighted by Crippen LogP contribution is 2.41. The Morgan fingerprint density at radius 1 is 1.35 bits per heavy atom. The standard InChI is InChI=1S/C21H24N4O6/c22-11-16(25-9-7-17(26)24-20(25)29)21(30)8-6-14(18(21)27)12-31-19(28)15(23)10-13-4-2-1-3-5-13/h1-5,7,9,14-16,18,27,30H,6,8,10,12,23H2,(H,24,26,29)/t14-,15+,16+,18?,21?/m1/s1. The average molecular weight is 428 g/mol. The molecule has 0 spiro atoms. The van der Waals surface area contributed by atoms with E-state index in [1.807, 2.05) is 41.4 Å². The van der Waals surface area contributed by atoms with Crippen LogP contribution in [0, 0.1) is 17.2 Å². The Morgan fingerprint density at radius 3 is 2.71 bits per heavy atom. The van der Waals surface area contributed by atoms with Gasteiger partial charge >= 0.3 is 11.7 Å². The second-order valence-corrected chi connectivity index (χ2v) is 7.71. The smallest absolute Gasteiger partial charge is 0.329 e. The largest absolute Gasteiger partial charge is 0.464 e. The van der Waals surface area contributed by atoms with Gasteiger partial charge in [0.25, 0.3) is 5.56 Å². The van der Waals surface area contributed by atoms with Crippen LogP contribution in [0.15, 0.2) is 52.2 Å². The number of carbonyl (C=O) groups is 1. The maximum atomic E-state index is 12.2. The lowest BCUT2D eigenvalue weighted by molar-refractivity contribution is -0.149. The van der Waals surface area contributed by atoms with Gasteiger partial charge in [-0.2, -0.15) is 5.26 Å². The van der Waals surface area contributed by atoms with Gasteiger partial charge in [-0.05, 0) is 24.8 Å². The van der Waals surface area contributed by atoms with E-state index in [1.165, 1.54) is 0 Å². The molecule has 164 valence electrons. The second-order valence-electron chi connectivity index (χ2n) is 7.71. The molecule has 0 radical (unpaired) electrons. The number of H-pyrrole nitrogens is 1. The maximum absolute atomic E-state index is 12.2. The summed E-state index contributed by atoms with van der Waals surface area (Å²) in [5, 5.41) is 31.3. The third-order valence-corrected chi connectivity index (χ3v) is 5.64. The molecule has 0 aliphatic heterocycles. The number of rotatable bonds is 7. The molecule has 1 aromatic carbocycles. The number of nitrogens with zero attached hydrogens (tertiary/aromatic N) is 2. The van der Waals surface area contributed by atoms with Crippen molar-refractivity contribution in [1.29, 1.82) is 5.26 Å². The molecule has 10 heteroatoms. The van der Waals surface area contributed by atoms with E-state index >= 15 is 0 Å². The summed E-state index contributed by atoms with van der Waals surface area (Å²) in [6.07, 6.45) is 0.206. The molecule has 1 aliphatic rings. The topological polar surface area (TPSA) is 171 Å². The van der Waals surface area contributed by atoms with E-state index in [1.54, 1.807) is 0 Å². The number of aromatic nitrogens is 2. The molecule has 31 heavy (non-hydrogen) atoms. The van der Waals surface area contributed by atoms with E-state index in [0.29, 0.717) is 6.42 Å². The van der Waals surface area contributed by atoms with Crippen LogP contribution in [-0.4, -0.2) is 50.1 Å². The third kappa shape index (κ3) is 4.74. The zero-order valence-electron chi connectivity index (χ0n) is 16.7. The molecule has 0 amide bonds. The zero-order valence-corrected chi connectivity index (χ0v) is 16.7. The number of aromatic amines is 1. The van der Waals surface area contributed by atoms with Crippen LogP contribution in [0.3, 0.4) is 0 Å². The summed E-state index contributed by atoms with van der Waals surface area (Å²) in [5.41, 5.74) is 3.30. The highest BCUT2D eigenvalue weighted by Gasteiger charge is 2.53. The van der Waals surface area contributed by atoms with Crippen molar-refractivity contribution in [3.63, 3.8) is 0 Å². The van der Waals surface area contributed by atoms with Crippen molar-refractivity contribution in [3.05, 3.63) is 69.0 Å². The van der Waals surface area contributed by atoms with Crippen molar-refractivity contribution in [2.24, 2.45) is 11.7 Å². The number of benzene rings is 1. The average Bonchev–Trinajstić information content (AvgIpc) is 3.03. The van der Waals surface area contributed by atoms with Crippen LogP contribution in [0.1, 0.15) is 24.4 Å². The molecule has 2 aromatic rings. The minimum absolute atomic E-state index is 0.00372. The number of nitrogens with one attached hydrogen (secondary N) is 1. The fraction of sp³-hybridized carbons (Fsp3) is 0.429. The molecule has 0 saturated heterocycles. The summed E-state index contributed by atoms with van der Waals surface area (Å²) in [4.78, 5) is 37.6. The van der Waals surface area contributed by atoms with Crippen LogP contribution >= 0.6 is 0 Å². The van der Waals surface area contributed by atoms with E-state index in [2.05, 4.69) is 0 Å². The molecule has 1 aromatic heterocycles. The minimum Gasteiger partial charge on any atom is -0.464 e. The first-order chi connectivity index (χ1) is 14.8. The fourth-order valence-corrected chi connectivity index (χ4v) is 3.90. The fourth-order valence-electron chi connectivity index (χ4n) is 3.90. The molecule has 5 atom stereocenters. The van der Waals surface area contributed by atoms with E-state index in [9.17, 15) is 29.9 Å². The number of hydrogen-bond donors (Lipinski definition) is 4. The number of nitrogens with two attached hydrogens (primary N) is 1. The van der Waals surface area contributed by atoms with Crippen molar-refractivity contribution < 1.29 is 19.7 Å². The van der Waals surface area contributed by atoms with E-state index in [4.69, 9.17) is 10.5 Å². The number of nitriles is 1. The van der Waals surface area contributed by atoms with Gasteiger partial charge in [0.15, 0.2) is 6.04 Å². The van der Waals surface area contributed by atoms with Gasteiger partial charge in [-0.25, -0.2) is 4.79 Å². The Labute approximate surface area is 177 Å². The number of carbonyl (C=O) groups excluding carboxylic acids is 1. The summed E-state index contributed by atoms with van der Waals surface area (Å²) in [7, 11) is 0. The lowest BCUT2D eigenvalue weighted by atomic mass is 9.89. The van der Waals surface area contributed by atoms with Crippen molar-refractivity contribution >= 4 is 5.97 Å². The first-order valence-corrected chi connectivity index (χ1v) is 9.84. The van der Waals surface area contributed by atoms with Crippen molar-refractivity contribution in [2.75, 3.05) is 6.61 Å². The number of aliphatic hydroxyl groups is 2. The van der Waals surface area contributed by atoms with E-state index < -0.39 is 46.9 Å². The van der Waals surface area contributed by atoms with Gasteiger partial charge < -0.3 is 20.7 Å². The summed E-state index contributed by atoms with van der Waals surface area (Å²) in [5.74, 6) is -1.28. The van der Waals surface area contributed by atoms with Gasteiger partial charge in [-0.15, -0.1) is 0 Å². The first kappa shape index (κ1) is 22.4. The molecule has 0 bridgehead atoms. The Hall–Kier alpha value is -3.26. The zero-order chi connectivity index (χ0) is 22.6. The predicted octanol–water partition coefficient (Wildman–Crippen LogP) is -0.784. The lowest BCUT2D eigenvalue weighted by Crippen LogP contribution is -2.50. The van der Waals surface area contributed by atoms with Crippen LogP contribution in [0.25, 0.3) is 0 Å². The van der Waals surface area contributed by atoms with Gasteiger partial charge in [0, 0.05) is 18.2 Å². The Bertz CT molecular complexity index is 1080. The molecular formula is C21H24N4O6. The normalized spacial score (nSPS) is 24.8. The molecule has 2 unspecified atom stereocenters. The molecule has 1 saturated carbocycles. The van der Waals surface area contributed by atoms with Crippen molar-refractivity contribution in [3.8, 4) is 6.07 Å². The molecule has 1 aliphatic carbocycles. The van der Waals surface area contributed by atoms with Gasteiger partial charge in [0.2, 0.25) is 0 Å². The van der Waals surface area contributed by atoms with Gasteiger partial charge in [-0.3, -0.25) is 19.1 Å². The van der Waals surface area contributed by atoms with E-state index in [0.717, 1.165) is 22.4 Å². The quantitative estimate of drug-likeness (QED) is 0.416. The highest BCUT2D eigenvalue weighted by atomic mass is 16.5. The first-order valence-electron chi connectivity index (χ1n) is 9.84. The molecule has 1 heterocycles. The summed E-state index contributed by atoms with van der Waals surface area (Å²) in [6.45, 7) is -0.191. The Morgan fingerprint density at radius 2 is 2.06 bits per heavy atom. The minimum atomic E-state index is -1.96. The molecule has 5 N–H and O–H groups in total. The SMILES string of the molecule is N#C[C@H](n1ccc(=O)[nH]c1=O)C1(O)CC[C@H](COC(=O)[C@@H](N)Cc2ccccc2)C1O. The van der Waals surface area contributed by atoms with Crippen LogP contribution < -0.4 is 17.0 Å². The van der Waals surface area contributed by atoms with Crippen LogP contribution in [-0.2, 0) is 16.0 Å². The van der Waals surface area contributed by atoms with Crippen molar-refractivity contribution in [1.82, 2.24) is 9.55 Å². The Kier molecular flexibility index (Phi) is 6.70. The summed E-state index contributed by atoms with van der Waals surface area (Å²) < 4.78 is 6.12. The number of ether oxygens (including phenoxy) is 1. The maximum Gasteiger partial charge on any atom is 0.329 e. The molecule has 1 fully saturated rings. The summed E-state index contributed by atoms with van der Waals surface area (Å²) in [6, 6.07) is 9.76. The second kappa shape index (κ2) is 9.26. The lowest BCUT2D eigenvalue weighted by Gasteiger charge is -2.33. The predicted molar refractivity (Wildman–Crippen MR) is 109 cm³/mol. The van der Waals surface area contributed by atoms with Crippen LogP contribution in [0.5, 0.6) is 0 Å². The highest BCUT2D eigenvalue weighted by molar-refractivity contribution is 5.75. The van der Waals surface area contributed by atoms with Gasteiger partial charge in [0.05, 0.1) is 18.8 Å². The number of aliphatic hydroxyl groups excluding tert-OH is 1. The van der Waals surface area contributed by atoms with Crippen LogP contribution in [0.2, 0.25) is 0 Å². The molecular weight excluding hydrogens is 404 g/mol. The van der Waals surface area contributed by atoms with E-state index in [-0.39, 0.29) is 19.4 Å². The Balaban J connectivity index is 1.65. The molecule has 10 nitrogen and oxygen atoms in total. The monoisotopic (exact) mass is 428 g/mol. The number of hydrogen-bond acceptors (Lipinski definition) is 8. The van der Waals surface area contributed by atoms with Crippen LogP contribution in [0.4, 0.5) is 0 Å². The third-order valence-electron chi connectivity index (χ3n) is 5.64. The van der Waals surface area contributed by atoms with Gasteiger partial charge in [0.1, 0.15) is 11.6 Å². The van der Waals surface area contributed by atoms with Gasteiger partial charge in [-0.1, -0.05) is 30.3 Å². The van der Waals surface area contributed by atoms with Crippen molar-refractivity contribution in [2.45, 2.75) is 43.1 Å². The molecule has 3 rings (SSSR count). The number of esters is 1.